The van der Waals surface area contributed by atoms with Gasteiger partial charge in [-0.2, -0.15) is 4.98 Å². The number of rotatable bonds is 7. The zero-order valence-electron chi connectivity index (χ0n) is 15.2. The van der Waals surface area contributed by atoms with Crippen LogP contribution in [0.1, 0.15) is 17.7 Å². The molecule has 0 saturated carbocycles. The minimum Gasteiger partial charge on any atom is -0.385 e. The minimum absolute atomic E-state index is 0.0992. The Balaban J connectivity index is 1.70. The van der Waals surface area contributed by atoms with Crippen molar-refractivity contribution in [2.45, 2.75) is 13.3 Å². The zero-order valence-corrected chi connectivity index (χ0v) is 15.2. The van der Waals surface area contributed by atoms with Gasteiger partial charge < -0.3 is 21.8 Å². The van der Waals surface area contributed by atoms with Gasteiger partial charge in [-0.25, -0.2) is 4.79 Å². The van der Waals surface area contributed by atoms with Crippen LogP contribution in [0.2, 0.25) is 0 Å². The molecule has 2 heterocycles. The van der Waals surface area contributed by atoms with Gasteiger partial charge in [0.1, 0.15) is 5.65 Å². The third-order valence-corrected chi connectivity index (χ3v) is 4.10. The standard InChI is InChI=1S/C19H23N7O/c1-12-10-15-11-26(19(27)25-17(15)24-12)16-6-4-14(5-7-16)13(2)22-8-3-9-23-18(20)21/h4-7,10-11,22H,2-3,8-9H2,1H3,(H4,20,21,23)(H,24,25,27). The number of aliphatic imine (C=N–C) groups is 1. The molecule has 0 amide bonds. The fraction of sp³-hybridized carbons (Fsp3) is 0.211. The molecular formula is C19H23N7O. The van der Waals surface area contributed by atoms with Gasteiger partial charge in [-0.15, -0.1) is 0 Å². The Kier molecular flexibility index (Phi) is 5.25. The van der Waals surface area contributed by atoms with Crippen molar-refractivity contribution in [2.24, 2.45) is 16.5 Å². The molecule has 0 unspecified atom stereocenters. The summed E-state index contributed by atoms with van der Waals surface area (Å²) in [5.41, 5.74) is 14.3. The van der Waals surface area contributed by atoms with Gasteiger partial charge in [0.25, 0.3) is 0 Å². The van der Waals surface area contributed by atoms with E-state index in [4.69, 9.17) is 11.5 Å². The highest BCUT2D eigenvalue weighted by Crippen LogP contribution is 2.16. The Labute approximate surface area is 156 Å². The highest BCUT2D eigenvalue weighted by molar-refractivity contribution is 5.76. The molecule has 0 aliphatic carbocycles. The van der Waals surface area contributed by atoms with Crippen LogP contribution in [-0.2, 0) is 0 Å². The fourth-order valence-electron chi connectivity index (χ4n) is 2.77. The number of guanidine groups is 1. The van der Waals surface area contributed by atoms with E-state index in [0.29, 0.717) is 18.7 Å². The van der Waals surface area contributed by atoms with Crippen LogP contribution in [0.5, 0.6) is 0 Å². The van der Waals surface area contributed by atoms with Crippen LogP contribution in [0.4, 0.5) is 0 Å². The molecule has 8 nitrogen and oxygen atoms in total. The number of aromatic amines is 1. The molecule has 27 heavy (non-hydrogen) atoms. The molecule has 0 aliphatic heterocycles. The average molecular weight is 365 g/mol. The van der Waals surface area contributed by atoms with E-state index in [1.807, 2.05) is 37.3 Å². The number of aryl methyl sites for hydroxylation is 1. The summed E-state index contributed by atoms with van der Waals surface area (Å²) in [6, 6.07) is 9.53. The van der Waals surface area contributed by atoms with Crippen LogP contribution >= 0.6 is 0 Å². The van der Waals surface area contributed by atoms with E-state index >= 15 is 0 Å². The quantitative estimate of drug-likeness (QED) is 0.285. The zero-order chi connectivity index (χ0) is 19.4. The number of fused-ring (bicyclic) bond motifs is 1. The largest absolute Gasteiger partial charge is 0.385 e. The second-order valence-electron chi connectivity index (χ2n) is 6.26. The first-order chi connectivity index (χ1) is 12.9. The Morgan fingerprint density at radius 3 is 2.78 bits per heavy atom. The summed E-state index contributed by atoms with van der Waals surface area (Å²) >= 11 is 0. The van der Waals surface area contributed by atoms with E-state index in [2.05, 4.69) is 26.9 Å². The normalized spacial score (nSPS) is 10.7. The van der Waals surface area contributed by atoms with Crippen molar-refractivity contribution in [1.82, 2.24) is 19.9 Å². The second kappa shape index (κ2) is 7.77. The van der Waals surface area contributed by atoms with E-state index in [-0.39, 0.29) is 11.6 Å². The lowest BCUT2D eigenvalue weighted by Crippen LogP contribution is -2.23. The number of aromatic nitrogens is 3. The van der Waals surface area contributed by atoms with Crippen LogP contribution in [-0.4, -0.2) is 33.6 Å². The van der Waals surface area contributed by atoms with E-state index in [9.17, 15) is 4.79 Å². The average Bonchev–Trinajstić information content (AvgIpc) is 2.99. The molecule has 3 rings (SSSR count). The van der Waals surface area contributed by atoms with Gasteiger partial charge in [-0.3, -0.25) is 9.56 Å². The monoisotopic (exact) mass is 365 g/mol. The SMILES string of the molecule is C=C(NCCCN=C(N)N)c1ccc(-n2cc3cc(C)[nH]c3nc2=O)cc1. The maximum absolute atomic E-state index is 12.3. The molecule has 8 heteroatoms. The molecule has 140 valence electrons. The summed E-state index contributed by atoms with van der Waals surface area (Å²) in [6.07, 6.45) is 2.59. The third-order valence-electron chi connectivity index (χ3n) is 4.10. The molecule has 0 spiro atoms. The lowest BCUT2D eigenvalue weighted by molar-refractivity contribution is 0.772. The number of hydrogen-bond donors (Lipinski definition) is 4. The highest BCUT2D eigenvalue weighted by Gasteiger charge is 2.07. The minimum atomic E-state index is -0.325. The number of nitrogens with one attached hydrogen (secondary N) is 2. The lowest BCUT2D eigenvalue weighted by atomic mass is 10.1. The third kappa shape index (κ3) is 4.35. The van der Waals surface area contributed by atoms with Crippen molar-refractivity contribution >= 4 is 22.7 Å². The Hall–Kier alpha value is -3.55. The van der Waals surface area contributed by atoms with E-state index in [1.54, 1.807) is 6.20 Å². The van der Waals surface area contributed by atoms with Gasteiger partial charge >= 0.3 is 5.69 Å². The topological polar surface area (TPSA) is 127 Å². The molecule has 0 aliphatic rings. The Bertz CT molecular complexity index is 1040. The number of hydrogen-bond acceptors (Lipinski definition) is 4. The van der Waals surface area contributed by atoms with E-state index in [1.165, 1.54) is 4.57 Å². The van der Waals surface area contributed by atoms with Crippen molar-refractivity contribution in [1.29, 1.82) is 0 Å². The van der Waals surface area contributed by atoms with Crippen molar-refractivity contribution in [2.75, 3.05) is 13.1 Å². The number of nitrogens with two attached hydrogens (primary N) is 2. The first-order valence-corrected chi connectivity index (χ1v) is 8.62. The maximum atomic E-state index is 12.3. The summed E-state index contributed by atoms with van der Waals surface area (Å²) in [6.45, 7) is 7.25. The summed E-state index contributed by atoms with van der Waals surface area (Å²) in [7, 11) is 0. The molecule has 1 aromatic carbocycles. The highest BCUT2D eigenvalue weighted by atomic mass is 16.1. The molecule has 0 saturated heterocycles. The molecular weight excluding hydrogens is 342 g/mol. The summed E-state index contributed by atoms with van der Waals surface area (Å²) < 4.78 is 1.53. The van der Waals surface area contributed by atoms with Gasteiger partial charge in [-0.1, -0.05) is 18.7 Å². The van der Waals surface area contributed by atoms with Gasteiger partial charge in [0.2, 0.25) is 0 Å². The predicted molar refractivity (Wildman–Crippen MR) is 109 cm³/mol. The Morgan fingerprint density at radius 1 is 1.33 bits per heavy atom. The van der Waals surface area contributed by atoms with Gasteiger partial charge in [0.05, 0.1) is 5.69 Å². The molecule has 0 radical (unpaired) electrons. The van der Waals surface area contributed by atoms with Crippen molar-refractivity contribution in [3.63, 3.8) is 0 Å². The van der Waals surface area contributed by atoms with Gasteiger partial charge in [-0.05, 0) is 37.1 Å². The van der Waals surface area contributed by atoms with Gasteiger partial charge in [0.15, 0.2) is 5.96 Å². The van der Waals surface area contributed by atoms with Crippen molar-refractivity contribution < 1.29 is 0 Å². The summed E-state index contributed by atoms with van der Waals surface area (Å²) in [4.78, 5) is 23.4. The van der Waals surface area contributed by atoms with Crippen molar-refractivity contribution in [3.8, 4) is 5.69 Å². The lowest BCUT2D eigenvalue weighted by Gasteiger charge is -2.11. The number of benzene rings is 1. The summed E-state index contributed by atoms with van der Waals surface area (Å²) in [5, 5.41) is 4.13. The van der Waals surface area contributed by atoms with E-state index < -0.39 is 0 Å². The molecule has 0 atom stereocenters. The number of H-pyrrole nitrogens is 1. The summed E-state index contributed by atoms with van der Waals surface area (Å²) in [5.74, 6) is 0.0992. The molecule has 6 N–H and O–H groups in total. The molecule has 2 aromatic heterocycles. The molecule has 0 fully saturated rings. The van der Waals surface area contributed by atoms with E-state index in [0.717, 1.165) is 34.4 Å². The van der Waals surface area contributed by atoms with Crippen LogP contribution in [0.15, 0.2) is 52.9 Å². The molecule has 3 aromatic rings. The predicted octanol–water partition coefficient (Wildman–Crippen LogP) is 1.25. The van der Waals surface area contributed by atoms with Crippen molar-refractivity contribution in [3.05, 3.63) is 64.8 Å². The van der Waals surface area contributed by atoms with Crippen LogP contribution in [0.3, 0.4) is 0 Å². The van der Waals surface area contributed by atoms with Crippen LogP contribution in [0, 0.1) is 6.92 Å². The first-order valence-electron chi connectivity index (χ1n) is 8.62. The first kappa shape index (κ1) is 18.2. The van der Waals surface area contributed by atoms with Crippen LogP contribution in [0.25, 0.3) is 22.4 Å². The maximum Gasteiger partial charge on any atom is 0.354 e. The number of nitrogens with zero attached hydrogens (tertiary/aromatic N) is 3. The second-order valence-corrected chi connectivity index (χ2v) is 6.26. The van der Waals surface area contributed by atoms with Crippen LogP contribution < -0.4 is 22.5 Å². The molecule has 0 bridgehead atoms. The Morgan fingerprint density at radius 2 is 2.07 bits per heavy atom. The fourth-order valence-corrected chi connectivity index (χ4v) is 2.77. The smallest absolute Gasteiger partial charge is 0.354 e. The van der Waals surface area contributed by atoms with Gasteiger partial charge in [0, 0.05) is 36.1 Å².